The van der Waals surface area contributed by atoms with E-state index in [0.29, 0.717) is 17.8 Å². The van der Waals surface area contributed by atoms with Crippen LogP contribution in [0.1, 0.15) is 44.9 Å². The smallest absolute Gasteiger partial charge is 0.321 e. The van der Waals surface area contributed by atoms with Crippen LogP contribution < -0.4 is 10.6 Å². The first-order valence-corrected chi connectivity index (χ1v) is 8.47. The third kappa shape index (κ3) is 4.03. The Balaban J connectivity index is 1.47. The minimum absolute atomic E-state index is 0.0236. The van der Waals surface area contributed by atoms with Crippen molar-refractivity contribution >= 4 is 17.6 Å². The molecule has 0 aromatic carbocycles. The van der Waals surface area contributed by atoms with Gasteiger partial charge < -0.3 is 15.5 Å². The number of amides is 3. The monoisotopic (exact) mass is 319 g/mol. The first-order valence-electron chi connectivity index (χ1n) is 8.47. The maximum Gasteiger partial charge on any atom is 0.321 e. The van der Waals surface area contributed by atoms with E-state index in [4.69, 9.17) is 0 Å². The van der Waals surface area contributed by atoms with Crippen LogP contribution in [-0.4, -0.2) is 45.8 Å². The van der Waals surface area contributed by atoms with Crippen LogP contribution in [0, 0.1) is 0 Å². The van der Waals surface area contributed by atoms with Crippen LogP contribution in [0.5, 0.6) is 0 Å². The van der Waals surface area contributed by atoms with Crippen molar-refractivity contribution in [3.63, 3.8) is 0 Å². The van der Waals surface area contributed by atoms with Crippen molar-refractivity contribution in [2.24, 2.45) is 0 Å². The fourth-order valence-electron chi connectivity index (χ4n) is 3.16. The van der Waals surface area contributed by atoms with Gasteiger partial charge in [-0.2, -0.15) is 5.10 Å². The molecule has 126 valence electrons. The van der Waals surface area contributed by atoms with Crippen LogP contribution >= 0.6 is 0 Å². The lowest BCUT2D eigenvalue weighted by molar-refractivity contribution is -0.122. The lowest BCUT2D eigenvalue weighted by atomic mass is 9.92. The van der Waals surface area contributed by atoms with Gasteiger partial charge in [0.15, 0.2) is 0 Å². The van der Waals surface area contributed by atoms with Crippen LogP contribution in [0.4, 0.5) is 10.5 Å². The van der Waals surface area contributed by atoms with Crippen molar-refractivity contribution in [2.45, 2.75) is 63.6 Å². The molecule has 2 saturated carbocycles. The second-order valence-corrected chi connectivity index (χ2v) is 6.60. The van der Waals surface area contributed by atoms with E-state index in [1.807, 2.05) is 7.05 Å². The minimum Gasteiger partial charge on any atom is -0.352 e. The minimum atomic E-state index is -0.121. The SMILES string of the molecule is CN(C(=O)Nc1cnn(CC(=O)NC2CCCC2)c1)C1CCC1. The number of nitrogens with zero attached hydrogens (tertiary/aromatic N) is 3. The third-order valence-corrected chi connectivity index (χ3v) is 4.85. The van der Waals surface area contributed by atoms with Gasteiger partial charge >= 0.3 is 6.03 Å². The summed E-state index contributed by atoms with van der Waals surface area (Å²) in [6, 6.07) is 0.542. The number of anilines is 1. The van der Waals surface area contributed by atoms with Crippen molar-refractivity contribution in [3.8, 4) is 0 Å². The van der Waals surface area contributed by atoms with E-state index in [9.17, 15) is 9.59 Å². The first kappa shape index (κ1) is 15.8. The molecule has 2 fully saturated rings. The van der Waals surface area contributed by atoms with Gasteiger partial charge in [-0.15, -0.1) is 0 Å². The molecule has 2 aliphatic carbocycles. The molecule has 23 heavy (non-hydrogen) atoms. The summed E-state index contributed by atoms with van der Waals surface area (Å²) < 4.78 is 1.56. The Morgan fingerprint density at radius 1 is 1.26 bits per heavy atom. The highest BCUT2D eigenvalue weighted by atomic mass is 16.2. The molecule has 7 heteroatoms. The molecule has 0 saturated heterocycles. The quantitative estimate of drug-likeness (QED) is 0.870. The average Bonchev–Trinajstić information content (AvgIpc) is 3.09. The summed E-state index contributed by atoms with van der Waals surface area (Å²) in [6.07, 6.45) is 11.1. The van der Waals surface area contributed by atoms with E-state index in [0.717, 1.165) is 25.7 Å². The Kier molecular flexibility index (Phi) is 4.83. The summed E-state index contributed by atoms with van der Waals surface area (Å²) in [7, 11) is 1.82. The fourth-order valence-corrected chi connectivity index (χ4v) is 3.16. The highest BCUT2D eigenvalue weighted by molar-refractivity contribution is 5.89. The molecule has 3 amide bonds. The Labute approximate surface area is 136 Å². The first-order chi connectivity index (χ1) is 11.1. The summed E-state index contributed by atoms with van der Waals surface area (Å²) in [4.78, 5) is 25.8. The number of nitrogens with one attached hydrogen (secondary N) is 2. The van der Waals surface area contributed by atoms with Gasteiger partial charge in [0.2, 0.25) is 5.91 Å². The lowest BCUT2D eigenvalue weighted by Gasteiger charge is -2.34. The summed E-state index contributed by atoms with van der Waals surface area (Å²) in [5.74, 6) is -0.0236. The Morgan fingerprint density at radius 2 is 2.00 bits per heavy atom. The van der Waals surface area contributed by atoms with Crippen LogP contribution in [0.15, 0.2) is 12.4 Å². The highest BCUT2D eigenvalue weighted by Gasteiger charge is 2.25. The molecule has 1 aromatic heterocycles. The molecular formula is C16H25N5O2. The molecule has 1 aromatic rings. The van der Waals surface area contributed by atoms with Crippen LogP contribution in [0.25, 0.3) is 0 Å². The largest absolute Gasteiger partial charge is 0.352 e. The van der Waals surface area contributed by atoms with Gasteiger partial charge in [0.25, 0.3) is 0 Å². The number of hydrogen-bond donors (Lipinski definition) is 2. The molecule has 0 bridgehead atoms. The standard InChI is InChI=1S/C16H25N5O2/c1-20(14-7-4-8-14)16(23)19-13-9-17-21(10-13)11-15(22)18-12-5-2-3-6-12/h9-10,12,14H,2-8,11H2,1H3,(H,18,22)(H,19,23). The number of urea groups is 1. The van der Waals surface area contributed by atoms with E-state index >= 15 is 0 Å². The number of carbonyl (C=O) groups excluding carboxylic acids is 2. The van der Waals surface area contributed by atoms with Gasteiger partial charge in [-0.05, 0) is 32.1 Å². The predicted octanol–water partition coefficient (Wildman–Crippen LogP) is 1.96. The van der Waals surface area contributed by atoms with Crippen LogP contribution in [0.3, 0.4) is 0 Å². The average molecular weight is 319 g/mol. The molecule has 0 spiro atoms. The fraction of sp³-hybridized carbons (Fsp3) is 0.688. The molecule has 2 N–H and O–H groups in total. The van der Waals surface area contributed by atoms with E-state index in [1.54, 1.807) is 22.0 Å². The number of hydrogen-bond acceptors (Lipinski definition) is 3. The topological polar surface area (TPSA) is 79.3 Å². The molecule has 1 heterocycles. The van der Waals surface area contributed by atoms with E-state index in [2.05, 4.69) is 15.7 Å². The zero-order valence-electron chi connectivity index (χ0n) is 13.6. The molecule has 0 aliphatic heterocycles. The Hall–Kier alpha value is -2.05. The molecule has 0 atom stereocenters. The van der Waals surface area contributed by atoms with Crippen molar-refractivity contribution in [1.29, 1.82) is 0 Å². The van der Waals surface area contributed by atoms with Gasteiger partial charge in [-0.3, -0.25) is 9.48 Å². The van der Waals surface area contributed by atoms with E-state index in [1.165, 1.54) is 19.3 Å². The summed E-state index contributed by atoms with van der Waals surface area (Å²) in [6.45, 7) is 0.185. The van der Waals surface area contributed by atoms with Crippen molar-refractivity contribution in [2.75, 3.05) is 12.4 Å². The molecule has 0 unspecified atom stereocenters. The Morgan fingerprint density at radius 3 is 2.65 bits per heavy atom. The van der Waals surface area contributed by atoms with Crippen LogP contribution in [0.2, 0.25) is 0 Å². The number of rotatable bonds is 5. The van der Waals surface area contributed by atoms with Crippen molar-refractivity contribution in [1.82, 2.24) is 20.0 Å². The van der Waals surface area contributed by atoms with Gasteiger partial charge in [0, 0.05) is 25.3 Å². The molecule has 0 radical (unpaired) electrons. The maximum absolute atomic E-state index is 12.1. The summed E-state index contributed by atoms with van der Waals surface area (Å²) in [5.41, 5.74) is 0.620. The number of carbonyl (C=O) groups is 2. The summed E-state index contributed by atoms with van der Waals surface area (Å²) >= 11 is 0. The zero-order chi connectivity index (χ0) is 16.2. The normalized spacial score (nSPS) is 18.5. The van der Waals surface area contributed by atoms with E-state index in [-0.39, 0.29) is 18.5 Å². The maximum atomic E-state index is 12.1. The van der Waals surface area contributed by atoms with Gasteiger partial charge in [-0.1, -0.05) is 12.8 Å². The molecule has 2 aliphatic rings. The lowest BCUT2D eigenvalue weighted by Crippen LogP contribution is -2.43. The zero-order valence-corrected chi connectivity index (χ0v) is 13.6. The molecule has 3 rings (SSSR count). The van der Waals surface area contributed by atoms with Gasteiger partial charge in [-0.25, -0.2) is 4.79 Å². The second-order valence-electron chi connectivity index (χ2n) is 6.60. The van der Waals surface area contributed by atoms with Crippen LogP contribution in [-0.2, 0) is 11.3 Å². The highest BCUT2D eigenvalue weighted by Crippen LogP contribution is 2.24. The number of aromatic nitrogens is 2. The molecular weight excluding hydrogens is 294 g/mol. The van der Waals surface area contributed by atoms with E-state index < -0.39 is 0 Å². The van der Waals surface area contributed by atoms with Gasteiger partial charge in [0.05, 0.1) is 11.9 Å². The predicted molar refractivity (Wildman–Crippen MR) is 87.0 cm³/mol. The second kappa shape index (κ2) is 7.02. The third-order valence-electron chi connectivity index (χ3n) is 4.85. The molecule has 7 nitrogen and oxygen atoms in total. The van der Waals surface area contributed by atoms with Crippen molar-refractivity contribution in [3.05, 3.63) is 12.4 Å². The van der Waals surface area contributed by atoms with Gasteiger partial charge in [0.1, 0.15) is 6.54 Å². The summed E-state index contributed by atoms with van der Waals surface area (Å²) in [5, 5.41) is 10.0. The Bertz CT molecular complexity index is 561. The van der Waals surface area contributed by atoms with Crippen molar-refractivity contribution < 1.29 is 9.59 Å².